The van der Waals surface area contributed by atoms with Gasteiger partial charge in [-0.1, -0.05) is 18.7 Å². The molecule has 4 nitrogen and oxygen atoms in total. The summed E-state index contributed by atoms with van der Waals surface area (Å²) in [4.78, 5) is 11.0. The van der Waals surface area contributed by atoms with Crippen molar-refractivity contribution in [1.82, 2.24) is 0 Å². The maximum Gasteiger partial charge on any atom is 0.221 e. The highest BCUT2D eigenvalue weighted by molar-refractivity contribution is 5.88. The number of carbonyl (C=O) groups is 1. The van der Waals surface area contributed by atoms with Crippen molar-refractivity contribution in [1.29, 1.82) is 0 Å². The number of pyridine rings is 1. The standard InChI is InChI=1S/C19H21N3O/c1-3-18-5-4-6-19(22(18)14-13-20)12-9-16-7-10-17(11-8-16)21-15(2)23/h3-12H,1,13-14,20H2,2H3/p+1. The highest BCUT2D eigenvalue weighted by Crippen LogP contribution is 2.12. The number of nitrogens with one attached hydrogen (secondary N) is 1. The second-order valence-electron chi connectivity index (χ2n) is 5.16. The molecule has 23 heavy (non-hydrogen) atoms. The summed E-state index contributed by atoms with van der Waals surface area (Å²) in [6.45, 7) is 6.65. The van der Waals surface area contributed by atoms with E-state index in [0.717, 1.165) is 29.2 Å². The summed E-state index contributed by atoms with van der Waals surface area (Å²) in [6.07, 6.45) is 5.91. The maximum atomic E-state index is 11.0. The van der Waals surface area contributed by atoms with E-state index in [0.29, 0.717) is 6.54 Å². The molecular weight excluding hydrogens is 286 g/mol. The lowest BCUT2D eigenvalue weighted by Gasteiger charge is -2.03. The van der Waals surface area contributed by atoms with Crippen molar-refractivity contribution in [3.05, 3.63) is 66.0 Å². The molecule has 0 aliphatic heterocycles. The topological polar surface area (TPSA) is 59.0 Å². The first kappa shape index (κ1) is 16.6. The lowest BCUT2D eigenvalue weighted by Crippen LogP contribution is -2.43. The summed E-state index contributed by atoms with van der Waals surface area (Å²) < 4.78 is 2.13. The molecule has 0 radical (unpaired) electrons. The molecule has 3 N–H and O–H groups in total. The van der Waals surface area contributed by atoms with Crippen LogP contribution in [-0.4, -0.2) is 12.5 Å². The summed E-state index contributed by atoms with van der Waals surface area (Å²) >= 11 is 0. The number of aromatic nitrogens is 1. The van der Waals surface area contributed by atoms with Crippen LogP contribution in [0.15, 0.2) is 49.0 Å². The first-order chi connectivity index (χ1) is 11.1. The molecule has 0 aliphatic rings. The van der Waals surface area contributed by atoms with Gasteiger partial charge in [0, 0.05) is 36.9 Å². The molecule has 4 heteroatoms. The molecule has 2 aromatic rings. The van der Waals surface area contributed by atoms with Crippen LogP contribution >= 0.6 is 0 Å². The second-order valence-corrected chi connectivity index (χ2v) is 5.16. The molecule has 1 aromatic carbocycles. The van der Waals surface area contributed by atoms with Crippen molar-refractivity contribution in [2.75, 3.05) is 11.9 Å². The Bertz CT molecular complexity index is 718. The second kappa shape index (κ2) is 8.06. The Morgan fingerprint density at radius 2 is 1.87 bits per heavy atom. The van der Waals surface area contributed by atoms with E-state index in [2.05, 4.69) is 22.5 Å². The molecule has 0 saturated carbocycles. The smallest absolute Gasteiger partial charge is 0.221 e. The van der Waals surface area contributed by atoms with E-state index in [1.807, 2.05) is 54.6 Å². The van der Waals surface area contributed by atoms with Crippen molar-refractivity contribution in [3.8, 4) is 0 Å². The first-order valence-corrected chi connectivity index (χ1v) is 7.55. The van der Waals surface area contributed by atoms with Gasteiger partial charge < -0.3 is 11.1 Å². The van der Waals surface area contributed by atoms with Gasteiger partial charge in [-0.2, -0.15) is 4.57 Å². The monoisotopic (exact) mass is 308 g/mol. The molecule has 0 spiro atoms. The number of amides is 1. The van der Waals surface area contributed by atoms with Gasteiger partial charge in [-0.25, -0.2) is 0 Å². The van der Waals surface area contributed by atoms with Crippen LogP contribution in [-0.2, 0) is 11.3 Å². The molecular formula is C19H22N3O+. The molecule has 0 fully saturated rings. The molecule has 0 bridgehead atoms. The third-order valence-corrected chi connectivity index (χ3v) is 3.40. The van der Waals surface area contributed by atoms with Crippen molar-refractivity contribution >= 4 is 29.8 Å². The van der Waals surface area contributed by atoms with E-state index in [4.69, 9.17) is 5.73 Å². The Morgan fingerprint density at radius 3 is 2.48 bits per heavy atom. The third kappa shape index (κ3) is 4.63. The molecule has 118 valence electrons. The Balaban J connectivity index is 2.22. The van der Waals surface area contributed by atoms with Crippen LogP contribution < -0.4 is 15.6 Å². The van der Waals surface area contributed by atoms with Crippen molar-refractivity contribution < 1.29 is 9.36 Å². The Morgan fingerprint density at radius 1 is 1.17 bits per heavy atom. The molecule has 0 unspecified atom stereocenters. The van der Waals surface area contributed by atoms with Crippen LogP contribution in [0.4, 0.5) is 5.69 Å². The van der Waals surface area contributed by atoms with E-state index < -0.39 is 0 Å². The van der Waals surface area contributed by atoms with Crippen molar-refractivity contribution in [2.24, 2.45) is 5.73 Å². The van der Waals surface area contributed by atoms with Crippen LogP contribution in [0.3, 0.4) is 0 Å². The van der Waals surface area contributed by atoms with E-state index in [-0.39, 0.29) is 5.91 Å². The molecule has 0 atom stereocenters. The number of anilines is 1. The maximum absolute atomic E-state index is 11.0. The van der Waals surface area contributed by atoms with E-state index >= 15 is 0 Å². The van der Waals surface area contributed by atoms with Gasteiger partial charge in [0.15, 0.2) is 6.54 Å². The Hall–Kier alpha value is -2.72. The fraction of sp³-hybridized carbons (Fsp3) is 0.158. The first-order valence-electron chi connectivity index (χ1n) is 7.55. The lowest BCUT2D eigenvalue weighted by atomic mass is 10.1. The normalized spacial score (nSPS) is 10.7. The van der Waals surface area contributed by atoms with E-state index in [1.165, 1.54) is 6.92 Å². The Labute approximate surface area is 137 Å². The van der Waals surface area contributed by atoms with Gasteiger partial charge in [0.2, 0.25) is 17.3 Å². The third-order valence-electron chi connectivity index (χ3n) is 3.40. The number of hydrogen-bond donors (Lipinski definition) is 2. The van der Waals surface area contributed by atoms with Gasteiger partial charge in [-0.05, 0) is 29.8 Å². The number of hydrogen-bond acceptors (Lipinski definition) is 2. The zero-order valence-electron chi connectivity index (χ0n) is 13.3. The van der Waals surface area contributed by atoms with Gasteiger partial charge in [0.05, 0.1) is 6.54 Å². The quantitative estimate of drug-likeness (QED) is 0.806. The zero-order chi connectivity index (χ0) is 16.7. The van der Waals surface area contributed by atoms with Gasteiger partial charge in [0.1, 0.15) is 0 Å². The highest BCUT2D eigenvalue weighted by atomic mass is 16.1. The van der Waals surface area contributed by atoms with Crippen LogP contribution in [0, 0.1) is 0 Å². The number of nitrogens with two attached hydrogens (primary N) is 1. The van der Waals surface area contributed by atoms with Crippen LogP contribution in [0.5, 0.6) is 0 Å². The van der Waals surface area contributed by atoms with Gasteiger partial charge >= 0.3 is 0 Å². The number of benzene rings is 1. The highest BCUT2D eigenvalue weighted by Gasteiger charge is 2.10. The minimum atomic E-state index is -0.0719. The van der Waals surface area contributed by atoms with Crippen LogP contribution in [0.1, 0.15) is 23.9 Å². The summed E-state index contributed by atoms with van der Waals surface area (Å²) in [6, 6.07) is 13.8. The SMILES string of the molecule is C=Cc1cccc(/C=C/c2ccc(NC(C)=O)cc2)[n+]1CCN. The molecule has 0 aliphatic carbocycles. The summed E-state index contributed by atoms with van der Waals surface area (Å²) in [5.74, 6) is -0.0719. The predicted octanol–water partition coefficient (Wildman–Crippen LogP) is 2.70. The average molecular weight is 308 g/mol. The van der Waals surface area contributed by atoms with Crippen molar-refractivity contribution in [3.63, 3.8) is 0 Å². The molecule has 1 heterocycles. The number of rotatable bonds is 6. The molecule has 0 saturated heterocycles. The molecule has 2 rings (SSSR count). The zero-order valence-corrected chi connectivity index (χ0v) is 13.3. The largest absolute Gasteiger partial charge is 0.326 e. The Kier molecular flexibility index (Phi) is 5.83. The predicted molar refractivity (Wildman–Crippen MR) is 95.5 cm³/mol. The summed E-state index contributed by atoms with van der Waals surface area (Å²) in [7, 11) is 0. The van der Waals surface area contributed by atoms with E-state index in [9.17, 15) is 4.79 Å². The fourth-order valence-corrected chi connectivity index (χ4v) is 2.35. The number of nitrogens with zero attached hydrogens (tertiary/aromatic N) is 1. The average Bonchev–Trinajstić information content (AvgIpc) is 2.55. The fourth-order valence-electron chi connectivity index (χ4n) is 2.35. The van der Waals surface area contributed by atoms with Crippen LogP contribution in [0.2, 0.25) is 0 Å². The van der Waals surface area contributed by atoms with Gasteiger partial charge in [-0.15, -0.1) is 0 Å². The van der Waals surface area contributed by atoms with Gasteiger partial charge in [-0.3, -0.25) is 4.79 Å². The van der Waals surface area contributed by atoms with Gasteiger partial charge in [0.25, 0.3) is 0 Å². The molecule has 1 amide bonds. The van der Waals surface area contributed by atoms with Crippen LogP contribution in [0.25, 0.3) is 18.2 Å². The molecule has 1 aromatic heterocycles. The summed E-state index contributed by atoms with van der Waals surface area (Å²) in [5.41, 5.74) is 9.66. The van der Waals surface area contributed by atoms with Crippen molar-refractivity contribution in [2.45, 2.75) is 13.5 Å². The minimum Gasteiger partial charge on any atom is -0.326 e. The lowest BCUT2D eigenvalue weighted by molar-refractivity contribution is -0.697. The van der Waals surface area contributed by atoms with E-state index in [1.54, 1.807) is 0 Å². The number of carbonyl (C=O) groups excluding carboxylic acids is 1. The summed E-state index contributed by atoms with van der Waals surface area (Å²) in [5, 5.41) is 2.75. The minimum absolute atomic E-state index is 0.0719.